The number of benzene rings is 2. The summed E-state index contributed by atoms with van der Waals surface area (Å²) in [6.45, 7) is 3.88. The van der Waals surface area contributed by atoms with E-state index in [9.17, 15) is 14.4 Å². The summed E-state index contributed by atoms with van der Waals surface area (Å²) in [5.74, 6) is -0.327. The van der Waals surface area contributed by atoms with E-state index in [1.54, 1.807) is 43.4 Å². The average molecular weight is 367 g/mol. The van der Waals surface area contributed by atoms with Gasteiger partial charge < -0.3 is 10.6 Å². The smallest absolute Gasteiger partial charge is 0.251 e. The first-order valence-electron chi connectivity index (χ1n) is 8.75. The molecule has 0 aliphatic rings. The van der Waals surface area contributed by atoms with Crippen molar-refractivity contribution in [2.75, 3.05) is 19.4 Å². The van der Waals surface area contributed by atoms with E-state index in [2.05, 4.69) is 10.6 Å². The highest BCUT2D eigenvalue weighted by Gasteiger charge is 2.18. The van der Waals surface area contributed by atoms with E-state index in [1.165, 1.54) is 6.92 Å². The van der Waals surface area contributed by atoms with Gasteiger partial charge in [0.05, 0.1) is 6.04 Å². The van der Waals surface area contributed by atoms with Crippen molar-refractivity contribution in [3.8, 4) is 0 Å². The van der Waals surface area contributed by atoms with Crippen LogP contribution < -0.4 is 10.6 Å². The molecule has 2 N–H and O–H groups in total. The van der Waals surface area contributed by atoms with Crippen molar-refractivity contribution in [2.45, 2.75) is 26.4 Å². The highest BCUT2D eigenvalue weighted by atomic mass is 16.2. The van der Waals surface area contributed by atoms with E-state index in [-0.39, 0.29) is 23.6 Å². The molecule has 0 unspecified atom stereocenters. The molecule has 6 nitrogen and oxygen atoms in total. The first-order chi connectivity index (χ1) is 12.8. The Balaban J connectivity index is 1.98. The van der Waals surface area contributed by atoms with Crippen molar-refractivity contribution in [3.63, 3.8) is 0 Å². The van der Waals surface area contributed by atoms with E-state index in [0.717, 1.165) is 5.56 Å². The fourth-order valence-corrected chi connectivity index (χ4v) is 2.59. The molecule has 1 atom stereocenters. The summed E-state index contributed by atoms with van der Waals surface area (Å²) in [6.07, 6.45) is 0. The van der Waals surface area contributed by atoms with Gasteiger partial charge in [-0.15, -0.1) is 0 Å². The standard InChI is InChI=1S/C21H25N3O3/c1-14(20(26)23-19-7-5-6-18(12-19)15(2)25)24(4)13-16-8-10-17(11-9-16)21(27)22-3/h5-12,14H,13H2,1-4H3,(H,22,27)(H,23,26)/t14-/m0/s1. The summed E-state index contributed by atoms with van der Waals surface area (Å²) in [4.78, 5) is 37.5. The maximum atomic E-state index is 12.5. The van der Waals surface area contributed by atoms with E-state index >= 15 is 0 Å². The molecule has 0 fully saturated rings. The van der Waals surface area contributed by atoms with Gasteiger partial charge in [0.2, 0.25) is 5.91 Å². The van der Waals surface area contributed by atoms with Crippen LogP contribution in [0.5, 0.6) is 0 Å². The number of Topliss-reactive ketones (excluding diaryl/α,β-unsaturated/α-hetero) is 1. The monoisotopic (exact) mass is 367 g/mol. The van der Waals surface area contributed by atoms with E-state index in [1.807, 2.05) is 31.0 Å². The Labute approximate surface area is 159 Å². The van der Waals surface area contributed by atoms with Crippen LogP contribution in [0, 0.1) is 0 Å². The number of anilines is 1. The molecule has 0 spiro atoms. The molecule has 2 aromatic rings. The molecular formula is C21H25N3O3. The molecule has 0 aliphatic heterocycles. The lowest BCUT2D eigenvalue weighted by Crippen LogP contribution is -2.39. The van der Waals surface area contributed by atoms with Crippen LogP contribution in [0.2, 0.25) is 0 Å². The Hall–Kier alpha value is -2.99. The second-order valence-corrected chi connectivity index (χ2v) is 6.49. The molecule has 27 heavy (non-hydrogen) atoms. The second kappa shape index (κ2) is 9.09. The Bertz CT molecular complexity index is 831. The molecule has 0 saturated heterocycles. The zero-order valence-corrected chi connectivity index (χ0v) is 16.1. The van der Waals surface area contributed by atoms with Crippen LogP contribution in [-0.2, 0) is 11.3 Å². The van der Waals surface area contributed by atoms with Crippen LogP contribution in [-0.4, -0.2) is 42.6 Å². The summed E-state index contributed by atoms with van der Waals surface area (Å²) in [5, 5.41) is 5.43. The third-order valence-corrected chi connectivity index (χ3v) is 4.45. The molecule has 2 rings (SSSR count). The Morgan fingerprint density at radius 1 is 1.04 bits per heavy atom. The molecule has 2 amide bonds. The van der Waals surface area contributed by atoms with E-state index in [0.29, 0.717) is 23.4 Å². The zero-order valence-electron chi connectivity index (χ0n) is 16.1. The molecule has 142 valence electrons. The lowest BCUT2D eigenvalue weighted by molar-refractivity contribution is -0.120. The Morgan fingerprint density at radius 3 is 2.30 bits per heavy atom. The SMILES string of the molecule is CNC(=O)c1ccc(CN(C)[C@@H](C)C(=O)Nc2cccc(C(C)=O)c2)cc1. The molecule has 0 heterocycles. The number of hydrogen-bond acceptors (Lipinski definition) is 4. The van der Waals surface area contributed by atoms with Crippen molar-refractivity contribution in [3.05, 3.63) is 65.2 Å². The largest absolute Gasteiger partial charge is 0.355 e. The van der Waals surface area contributed by atoms with Gasteiger partial charge in [0.25, 0.3) is 5.91 Å². The maximum Gasteiger partial charge on any atom is 0.251 e. The number of carbonyl (C=O) groups is 3. The fourth-order valence-electron chi connectivity index (χ4n) is 2.59. The van der Waals surface area contributed by atoms with Gasteiger partial charge in [-0.3, -0.25) is 19.3 Å². The minimum absolute atomic E-state index is 0.0449. The zero-order chi connectivity index (χ0) is 20.0. The number of nitrogens with one attached hydrogen (secondary N) is 2. The van der Waals surface area contributed by atoms with Crippen LogP contribution in [0.3, 0.4) is 0 Å². The van der Waals surface area contributed by atoms with Crippen molar-refractivity contribution in [1.29, 1.82) is 0 Å². The molecule has 6 heteroatoms. The summed E-state index contributed by atoms with van der Waals surface area (Å²) in [7, 11) is 3.46. The van der Waals surface area contributed by atoms with Crippen molar-refractivity contribution >= 4 is 23.3 Å². The summed E-state index contributed by atoms with van der Waals surface area (Å²) >= 11 is 0. The van der Waals surface area contributed by atoms with Crippen LogP contribution in [0.15, 0.2) is 48.5 Å². The topological polar surface area (TPSA) is 78.5 Å². The molecule has 0 saturated carbocycles. The molecular weight excluding hydrogens is 342 g/mol. The third kappa shape index (κ3) is 5.49. The first kappa shape index (κ1) is 20.3. The molecule has 2 aromatic carbocycles. The fraction of sp³-hybridized carbons (Fsp3) is 0.286. The van der Waals surface area contributed by atoms with Gasteiger partial charge in [0.15, 0.2) is 5.78 Å². The van der Waals surface area contributed by atoms with Gasteiger partial charge in [-0.2, -0.15) is 0 Å². The number of ketones is 1. The van der Waals surface area contributed by atoms with Crippen LogP contribution in [0.1, 0.15) is 40.1 Å². The van der Waals surface area contributed by atoms with Crippen LogP contribution in [0.25, 0.3) is 0 Å². The highest BCUT2D eigenvalue weighted by Crippen LogP contribution is 2.14. The Morgan fingerprint density at radius 2 is 1.70 bits per heavy atom. The highest BCUT2D eigenvalue weighted by molar-refractivity contribution is 5.98. The predicted molar refractivity (Wildman–Crippen MR) is 106 cm³/mol. The van der Waals surface area contributed by atoms with Gasteiger partial charge in [0, 0.05) is 30.4 Å². The quantitative estimate of drug-likeness (QED) is 0.738. The van der Waals surface area contributed by atoms with Gasteiger partial charge >= 0.3 is 0 Å². The lowest BCUT2D eigenvalue weighted by atomic mass is 10.1. The number of carbonyl (C=O) groups excluding carboxylic acids is 3. The molecule has 0 bridgehead atoms. The van der Waals surface area contributed by atoms with Gasteiger partial charge in [0.1, 0.15) is 0 Å². The van der Waals surface area contributed by atoms with Crippen molar-refractivity contribution < 1.29 is 14.4 Å². The number of hydrogen-bond donors (Lipinski definition) is 2. The summed E-state index contributed by atoms with van der Waals surface area (Å²) in [5.41, 5.74) is 2.76. The first-order valence-corrected chi connectivity index (χ1v) is 8.75. The minimum atomic E-state index is -0.371. The van der Waals surface area contributed by atoms with Crippen LogP contribution in [0.4, 0.5) is 5.69 Å². The number of rotatable bonds is 7. The number of amides is 2. The Kier molecular flexibility index (Phi) is 6.85. The second-order valence-electron chi connectivity index (χ2n) is 6.49. The maximum absolute atomic E-state index is 12.5. The van der Waals surface area contributed by atoms with Crippen molar-refractivity contribution in [2.24, 2.45) is 0 Å². The molecule has 0 aromatic heterocycles. The summed E-state index contributed by atoms with van der Waals surface area (Å²) < 4.78 is 0. The van der Waals surface area contributed by atoms with E-state index < -0.39 is 0 Å². The van der Waals surface area contributed by atoms with Gasteiger partial charge in [-0.1, -0.05) is 24.3 Å². The average Bonchev–Trinajstić information content (AvgIpc) is 2.67. The minimum Gasteiger partial charge on any atom is -0.355 e. The predicted octanol–water partition coefficient (Wildman–Crippen LogP) is 2.71. The van der Waals surface area contributed by atoms with Gasteiger partial charge in [-0.05, 0) is 50.7 Å². The lowest BCUT2D eigenvalue weighted by Gasteiger charge is -2.24. The third-order valence-electron chi connectivity index (χ3n) is 4.45. The molecule has 0 radical (unpaired) electrons. The number of nitrogens with zero attached hydrogens (tertiary/aromatic N) is 1. The van der Waals surface area contributed by atoms with E-state index in [4.69, 9.17) is 0 Å². The molecule has 0 aliphatic carbocycles. The van der Waals surface area contributed by atoms with Crippen LogP contribution >= 0.6 is 0 Å². The van der Waals surface area contributed by atoms with Gasteiger partial charge in [-0.25, -0.2) is 0 Å². The normalized spacial score (nSPS) is 11.7. The van der Waals surface area contributed by atoms with Crippen molar-refractivity contribution in [1.82, 2.24) is 10.2 Å². The summed E-state index contributed by atoms with van der Waals surface area (Å²) in [6, 6.07) is 13.8. The number of likely N-dealkylation sites (N-methyl/N-ethyl adjacent to an activating group) is 1.